The van der Waals surface area contributed by atoms with Crippen LogP contribution in [-0.2, 0) is 0 Å². The predicted molar refractivity (Wildman–Crippen MR) is 65.5 cm³/mol. The van der Waals surface area contributed by atoms with Crippen LogP contribution in [0.2, 0.25) is 5.02 Å². The Hall–Kier alpha value is -0.530. The molecule has 0 saturated carbocycles. The Morgan fingerprint density at radius 3 is 2.87 bits per heavy atom. The van der Waals surface area contributed by atoms with E-state index in [0.29, 0.717) is 11.8 Å². The fraction of sp³-hybridized carbons (Fsp3) is 0.538. The lowest BCUT2D eigenvalue weighted by Crippen LogP contribution is -2.15. The van der Waals surface area contributed by atoms with Gasteiger partial charge in [-0.25, -0.2) is 0 Å². The van der Waals surface area contributed by atoms with Gasteiger partial charge in [-0.05, 0) is 60.9 Å². The first-order valence-corrected chi connectivity index (χ1v) is 6.09. The van der Waals surface area contributed by atoms with Crippen LogP contribution in [0.25, 0.3) is 0 Å². The molecule has 0 amide bonds. The van der Waals surface area contributed by atoms with Gasteiger partial charge in [0.1, 0.15) is 0 Å². The molecule has 2 unspecified atom stereocenters. The number of hydrogen-bond acceptors (Lipinski definition) is 1. The molecule has 1 aromatic rings. The van der Waals surface area contributed by atoms with Gasteiger partial charge in [0.2, 0.25) is 0 Å². The van der Waals surface area contributed by atoms with Crippen LogP contribution in [0, 0.1) is 0 Å². The summed E-state index contributed by atoms with van der Waals surface area (Å²) in [6.07, 6.45) is 3.62. The molecule has 2 N–H and O–H groups in total. The first-order valence-electron chi connectivity index (χ1n) is 5.71. The minimum atomic E-state index is 0.625. The van der Waals surface area contributed by atoms with Crippen LogP contribution >= 0.6 is 11.6 Å². The summed E-state index contributed by atoms with van der Waals surface area (Å²) in [6.45, 7) is 3.07. The van der Waals surface area contributed by atoms with Crippen LogP contribution in [0.3, 0.4) is 0 Å². The van der Waals surface area contributed by atoms with Crippen LogP contribution in [0.5, 0.6) is 0 Å². The number of hydrogen-bond donors (Lipinski definition) is 1. The molecule has 0 saturated heterocycles. The van der Waals surface area contributed by atoms with Crippen molar-refractivity contribution in [1.82, 2.24) is 0 Å². The normalized spacial score (nSPS) is 25.0. The summed E-state index contributed by atoms with van der Waals surface area (Å²) in [7, 11) is 0. The highest BCUT2D eigenvalue weighted by Gasteiger charge is 2.24. The van der Waals surface area contributed by atoms with E-state index in [0.717, 1.165) is 18.0 Å². The molecule has 0 spiro atoms. The smallest absolute Gasteiger partial charge is 0.0409 e. The monoisotopic (exact) mass is 223 g/mol. The Labute approximate surface area is 96.6 Å². The van der Waals surface area contributed by atoms with Crippen molar-refractivity contribution < 1.29 is 0 Å². The molecule has 0 radical (unpaired) electrons. The number of fused-ring (bicyclic) bond motifs is 1. The lowest BCUT2D eigenvalue weighted by Gasteiger charge is -2.29. The second-order valence-corrected chi connectivity index (χ2v) is 4.96. The van der Waals surface area contributed by atoms with E-state index in [-0.39, 0.29) is 0 Å². The third kappa shape index (κ3) is 2.19. The van der Waals surface area contributed by atoms with Crippen molar-refractivity contribution in [1.29, 1.82) is 0 Å². The predicted octanol–water partition coefficient (Wildman–Crippen LogP) is 3.67. The number of benzene rings is 1. The molecule has 2 rings (SSSR count). The quantitative estimate of drug-likeness (QED) is 0.814. The fourth-order valence-corrected chi connectivity index (χ4v) is 2.79. The van der Waals surface area contributed by atoms with Gasteiger partial charge in [-0.2, -0.15) is 0 Å². The molecular weight excluding hydrogens is 206 g/mol. The Morgan fingerprint density at radius 2 is 2.13 bits per heavy atom. The molecule has 0 bridgehead atoms. The van der Waals surface area contributed by atoms with E-state index in [1.54, 1.807) is 0 Å². The van der Waals surface area contributed by atoms with Crippen LogP contribution in [-0.4, -0.2) is 6.54 Å². The zero-order valence-electron chi connectivity index (χ0n) is 9.17. The largest absolute Gasteiger partial charge is 0.330 e. The lowest BCUT2D eigenvalue weighted by molar-refractivity contribution is 0.483. The number of rotatable bonds is 2. The minimum absolute atomic E-state index is 0.625. The highest BCUT2D eigenvalue weighted by atomic mass is 35.5. The lowest BCUT2D eigenvalue weighted by atomic mass is 9.76. The van der Waals surface area contributed by atoms with Gasteiger partial charge in [0.05, 0.1) is 0 Å². The zero-order valence-corrected chi connectivity index (χ0v) is 9.93. The molecule has 0 heterocycles. The number of nitrogens with two attached hydrogens (primary N) is 1. The molecule has 82 valence electrons. The van der Waals surface area contributed by atoms with Crippen molar-refractivity contribution >= 4 is 11.6 Å². The summed E-state index contributed by atoms with van der Waals surface area (Å²) in [5.41, 5.74) is 8.57. The van der Waals surface area contributed by atoms with E-state index >= 15 is 0 Å². The Morgan fingerprint density at radius 1 is 1.33 bits per heavy atom. The highest BCUT2D eigenvalue weighted by molar-refractivity contribution is 6.30. The third-order valence-corrected chi connectivity index (χ3v) is 3.72. The van der Waals surface area contributed by atoms with Gasteiger partial charge in [0.25, 0.3) is 0 Å². The Bertz CT molecular complexity index is 348. The second kappa shape index (κ2) is 4.54. The molecule has 2 atom stereocenters. The molecule has 1 aromatic carbocycles. The second-order valence-electron chi connectivity index (χ2n) is 4.53. The van der Waals surface area contributed by atoms with E-state index < -0.39 is 0 Å². The molecule has 0 aromatic heterocycles. The van der Waals surface area contributed by atoms with E-state index in [1.807, 2.05) is 6.07 Å². The van der Waals surface area contributed by atoms with Crippen molar-refractivity contribution in [2.45, 2.75) is 38.0 Å². The summed E-state index contributed by atoms with van der Waals surface area (Å²) < 4.78 is 0. The maximum absolute atomic E-state index is 6.06. The van der Waals surface area contributed by atoms with Crippen molar-refractivity contribution in [3.63, 3.8) is 0 Å². The Balaban J connectivity index is 2.37. The first kappa shape index (κ1) is 11.0. The van der Waals surface area contributed by atoms with Gasteiger partial charge >= 0.3 is 0 Å². The zero-order chi connectivity index (χ0) is 10.8. The van der Waals surface area contributed by atoms with Crippen molar-refractivity contribution in [3.05, 3.63) is 34.3 Å². The van der Waals surface area contributed by atoms with Crippen LogP contribution in [0.4, 0.5) is 0 Å². The van der Waals surface area contributed by atoms with Crippen LogP contribution in [0.15, 0.2) is 18.2 Å². The van der Waals surface area contributed by atoms with Gasteiger partial charge in [0, 0.05) is 5.02 Å². The van der Waals surface area contributed by atoms with Gasteiger partial charge in [-0.1, -0.05) is 24.6 Å². The highest BCUT2D eigenvalue weighted by Crippen LogP contribution is 2.40. The average molecular weight is 224 g/mol. The number of halogens is 1. The molecule has 1 aliphatic carbocycles. The fourth-order valence-electron chi connectivity index (χ4n) is 2.61. The molecule has 1 nitrogen and oxygen atoms in total. The van der Waals surface area contributed by atoms with Gasteiger partial charge in [-0.3, -0.25) is 0 Å². The summed E-state index contributed by atoms with van der Waals surface area (Å²) >= 11 is 6.06. The molecular formula is C13H18ClN. The molecule has 2 heteroatoms. The topological polar surface area (TPSA) is 26.0 Å². The molecule has 15 heavy (non-hydrogen) atoms. The van der Waals surface area contributed by atoms with Crippen molar-refractivity contribution in [2.75, 3.05) is 6.54 Å². The van der Waals surface area contributed by atoms with Gasteiger partial charge < -0.3 is 5.73 Å². The van der Waals surface area contributed by atoms with E-state index in [1.165, 1.54) is 24.0 Å². The average Bonchev–Trinajstić information content (AvgIpc) is 2.22. The van der Waals surface area contributed by atoms with Crippen LogP contribution < -0.4 is 5.73 Å². The van der Waals surface area contributed by atoms with E-state index in [4.69, 9.17) is 17.3 Å². The third-order valence-electron chi connectivity index (χ3n) is 3.48. The van der Waals surface area contributed by atoms with Crippen molar-refractivity contribution in [3.8, 4) is 0 Å². The SMILES string of the molecule is CC1CCC(CCN)c2cc(Cl)ccc21. The van der Waals surface area contributed by atoms with E-state index in [2.05, 4.69) is 19.1 Å². The summed E-state index contributed by atoms with van der Waals surface area (Å²) in [6, 6.07) is 6.32. The van der Waals surface area contributed by atoms with E-state index in [9.17, 15) is 0 Å². The summed E-state index contributed by atoms with van der Waals surface area (Å²) in [5.74, 6) is 1.30. The standard InChI is InChI=1S/C13H18ClN/c1-9-2-3-10(6-7-15)13-8-11(14)4-5-12(9)13/h4-5,8-10H,2-3,6-7,15H2,1H3. The maximum atomic E-state index is 6.06. The minimum Gasteiger partial charge on any atom is -0.330 e. The van der Waals surface area contributed by atoms with Gasteiger partial charge in [0.15, 0.2) is 0 Å². The summed E-state index contributed by atoms with van der Waals surface area (Å²) in [5, 5.41) is 0.852. The Kier molecular flexibility index (Phi) is 3.32. The maximum Gasteiger partial charge on any atom is 0.0409 e. The summed E-state index contributed by atoms with van der Waals surface area (Å²) in [4.78, 5) is 0. The van der Waals surface area contributed by atoms with Crippen molar-refractivity contribution in [2.24, 2.45) is 5.73 Å². The molecule has 0 aliphatic heterocycles. The van der Waals surface area contributed by atoms with Crippen LogP contribution in [0.1, 0.15) is 49.1 Å². The first-order chi connectivity index (χ1) is 7.22. The molecule has 1 aliphatic rings. The van der Waals surface area contributed by atoms with Gasteiger partial charge in [-0.15, -0.1) is 0 Å². The molecule has 0 fully saturated rings.